The van der Waals surface area contributed by atoms with Gasteiger partial charge in [0.1, 0.15) is 11.4 Å². The van der Waals surface area contributed by atoms with Gasteiger partial charge in [0.25, 0.3) is 0 Å². The molecule has 2 unspecified atom stereocenters. The molecule has 0 aromatic carbocycles. The van der Waals surface area contributed by atoms with Crippen molar-refractivity contribution in [1.82, 2.24) is 15.1 Å². The molecule has 0 saturated heterocycles. The van der Waals surface area contributed by atoms with Gasteiger partial charge >= 0.3 is 6.09 Å². The summed E-state index contributed by atoms with van der Waals surface area (Å²) in [6, 6.07) is 0.180. The molecule has 1 aromatic heterocycles. The number of rotatable bonds is 6. The van der Waals surface area contributed by atoms with Crippen molar-refractivity contribution in [3.63, 3.8) is 0 Å². The van der Waals surface area contributed by atoms with Crippen molar-refractivity contribution in [2.45, 2.75) is 58.9 Å². The van der Waals surface area contributed by atoms with Gasteiger partial charge in [-0.2, -0.15) is 5.10 Å². The summed E-state index contributed by atoms with van der Waals surface area (Å²) in [4.78, 5) is 11.9. The van der Waals surface area contributed by atoms with Crippen LogP contribution in [-0.4, -0.2) is 40.7 Å². The summed E-state index contributed by atoms with van der Waals surface area (Å²) in [5.41, 5.74) is 0.354. The maximum atomic E-state index is 11.9. The minimum atomic E-state index is -0.538. The maximum Gasteiger partial charge on any atom is 0.413 e. The number of nitrogens with zero attached hydrogens (tertiary/aromatic N) is 2. The van der Waals surface area contributed by atoms with E-state index in [2.05, 4.69) is 15.7 Å². The average molecular weight is 312 g/mol. The van der Waals surface area contributed by atoms with Gasteiger partial charge in [-0.05, 0) is 34.6 Å². The molecule has 2 N–H and O–H groups in total. The molecule has 0 aliphatic rings. The van der Waals surface area contributed by atoms with Crippen LogP contribution >= 0.6 is 0 Å². The molecule has 1 amide bonds. The number of aromatic nitrogens is 2. The van der Waals surface area contributed by atoms with Crippen LogP contribution in [-0.2, 0) is 23.1 Å². The van der Waals surface area contributed by atoms with Gasteiger partial charge in [-0.25, -0.2) is 4.79 Å². The van der Waals surface area contributed by atoms with Crippen molar-refractivity contribution in [2.75, 3.05) is 12.4 Å². The fraction of sp³-hybridized carbons (Fsp3) is 0.733. The zero-order chi connectivity index (χ0) is 16.9. The van der Waals surface area contributed by atoms with E-state index in [4.69, 9.17) is 9.47 Å². The predicted octanol–water partition coefficient (Wildman–Crippen LogP) is 2.28. The zero-order valence-electron chi connectivity index (χ0n) is 14.6. The molecule has 0 fully saturated rings. The average Bonchev–Trinajstić information content (AvgIpc) is 2.74. The van der Waals surface area contributed by atoms with Crippen LogP contribution in [0.4, 0.5) is 10.6 Å². The van der Waals surface area contributed by atoms with Crippen molar-refractivity contribution in [1.29, 1.82) is 0 Å². The lowest BCUT2D eigenvalue weighted by Gasteiger charge is -2.21. The first kappa shape index (κ1) is 18.4. The number of amides is 1. The van der Waals surface area contributed by atoms with Crippen molar-refractivity contribution in [3.8, 4) is 0 Å². The van der Waals surface area contributed by atoms with Crippen molar-refractivity contribution >= 4 is 11.9 Å². The number of ether oxygens (including phenoxy) is 2. The quantitative estimate of drug-likeness (QED) is 0.842. The zero-order valence-corrected chi connectivity index (χ0v) is 14.6. The number of anilines is 1. The highest BCUT2D eigenvalue weighted by molar-refractivity contribution is 5.84. The molecular weight excluding hydrogens is 284 g/mol. The molecule has 2 atom stereocenters. The normalized spacial score (nSPS) is 14.5. The van der Waals surface area contributed by atoms with Crippen molar-refractivity contribution < 1.29 is 14.3 Å². The Morgan fingerprint density at radius 3 is 2.59 bits per heavy atom. The van der Waals surface area contributed by atoms with Gasteiger partial charge in [-0.1, -0.05) is 0 Å². The van der Waals surface area contributed by atoms with E-state index in [1.165, 1.54) is 0 Å². The third kappa shape index (κ3) is 5.65. The van der Waals surface area contributed by atoms with Gasteiger partial charge in [-0.3, -0.25) is 10.00 Å². The number of carbonyl (C=O) groups excluding carboxylic acids is 1. The number of methoxy groups -OCH3 is 1. The Labute approximate surface area is 132 Å². The van der Waals surface area contributed by atoms with E-state index < -0.39 is 11.7 Å². The van der Waals surface area contributed by atoms with Crippen LogP contribution in [0.25, 0.3) is 0 Å². The number of hydrogen-bond acceptors (Lipinski definition) is 5. The van der Waals surface area contributed by atoms with Crippen LogP contribution in [0.3, 0.4) is 0 Å². The van der Waals surface area contributed by atoms with Gasteiger partial charge in [-0.15, -0.1) is 0 Å². The van der Waals surface area contributed by atoms with E-state index in [-0.39, 0.29) is 12.1 Å². The smallest absolute Gasteiger partial charge is 0.413 e. The third-order valence-electron chi connectivity index (χ3n) is 3.32. The lowest BCUT2D eigenvalue weighted by atomic mass is 10.2. The first-order valence-electron chi connectivity index (χ1n) is 7.41. The minimum Gasteiger partial charge on any atom is -0.444 e. The molecule has 22 heavy (non-hydrogen) atoms. The number of nitrogens with one attached hydrogen (secondary N) is 2. The Hall–Kier alpha value is -1.60. The van der Waals surface area contributed by atoms with Crippen LogP contribution in [0.2, 0.25) is 0 Å². The summed E-state index contributed by atoms with van der Waals surface area (Å²) in [7, 11) is 3.46. The lowest BCUT2D eigenvalue weighted by Crippen LogP contribution is -2.36. The van der Waals surface area contributed by atoms with E-state index in [1.54, 1.807) is 25.0 Å². The van der Waals surface area contributed by atoms with E-state index in [9.17, 15) is 4.79 Å². The Kier molecular flexibility index (Phi) is 6.37. The second-order valence-corrected chi connectivity index (χ2v) is 6.38. The van der Waals surface area contributed by atoms with Crippen molar-refractivity contribution in [3.05, 3.63) is 11.8 Å². The Morgan fingerprint density at radius 2 is 2.05 bits per heavy atom. The SMILES string of the molecule is COC(C)C(C)NCc1cnn(C)c1NC(=O)OC(C)(C)C. The highest BCUT2D eigenvalue weighted by atomic mass is 16.6. The van der Waals surface area contributed by atoms with E-state index in [0.717, 1.165) is 5.56 Å². The fourth-order valence-corrected chi connectivity index (χ4v) is 1.81. The monoisotopic (exact) mass is 312 g/mol. The number of hydrogen-bond donors (Lipinski definition) is 2. The maximum absolute atomic E-state index is 11.9. The van der Waals surface area contributed by atoms with Gasteiger partial charge in [0.2, 0.25) is 0 Å². The summed E-state index contributed by atoms with van der Waals surface area (Å²) in [5, 5.41) is 10.3. The van der Waals surface area contributed by atoms with Gasteiger partial charge in [0.15, 0.2) is 0 Å². The number of carbonyl (C=O) groups is 1. The topological polar surface area (TPSA) is 77.4 Å². The van der Waals surface area contributed by atoms with E-state index in [1.807, 2.05) is 34.6 Å². The van der Waals surface area contributed by atoms with Gasteiger partial charge in [0.05, 0.1) is 12.3 Å². The van der Waals surface area contributed by atoms with E-state index in [0.29, 0.717) is 12.4 Å². The van der Waals surface area contributed by atoms with Crippen LogP contribution in [0.15, 0.2) is 6.20 Å². The first-order valence-corrected chi connectivity index (χ1v) is 7.41. The molecule has 0 bridgehead atoms. The summed E-state index contributed by atoms with van der Waals surface area (Å²) >= 11 is 0. The fourth-order valence-electron chi connectivity index (χ4n) is 1.81. The molecule has 7 heteroatoms. The second-order valence-electron chi connectivity index (χ2n) is 6.38. The minimum absolute atomic E-state index is 0.0962. The molecular formula is C15H28N4O3. The van der Waals surface area contributed by atoms with Gasteiger partial charge < -0.3 is 14.8 Å². The summed E-state index contributed by atoms with van der Waals surface area (Å²) < 4.78 is 12.2. The highest BCUT2D eigenvalue weighted by Gasteiger charge is 2.19. The van der Waals surface area contributed by atoms with Crippen LogP contribution < -0.4 is 10.6 Å². The largest absolute Gasteiger partial charge is 0.444 e. The molecule has 0 saturated carbocycles. The van der Waals surface area contributed by atoms with Gasteiger partial charge in [0, 0.05) is 32.3 Å². The van der Waals surface area contributed by atoms with Crippen LogP contribution in [0, 0.1) is 0 Å². The Balaban J connectivity index is 2.69. The Bertz CT molecular complexity index is 493. The molecule has 7 nitrogen and oxygen atoms in total. The molecule has 126 valence electrons. The summed E-state index contributed by atoms with van der Waals surface area (Å²) in [6.07, 6.45) is 1.33. The van der Waals surface area contributed by atoms with E-state index >= 15 is 0 Å². The first-order chi connectivity index (χ1) is 10.1. The van der Waals surface area contributed by atoms with Crippen LogP contribution in [0.5, 0.6) is 0 Å². The molecule has 1 aromatic rings. The molecule has 0 aliphatic heterocycles. The van der Waals surface area contributed by atoms with Crippen molar-refractivity contribution in [2.24, 2.45) is 7.05 Å². The highest BCUT2D eigenvalue weighted by Crippen LogP contribution is 2.16. The third-order valence-corrected chi connectivity index (χ3v) is 3.32. The summed E-state index contributed by atoms with van der Waals surface area (Å²) in [6.45, 7) is 10.1. The molecule has 1 rings (SSSR count). The van der Waals surface area contributed by atoms with Crippen LogP contribution in [0.1, 0.15) is 40.2 Å². The Morgan fingerprint density at radius 1 is 1.41 bits per heavy atom. The predicted molar refractivity (Wildman–Crippen MR) is 85.8 cm³/mol. The molecule has 1 heterocycles. The molecule has 0 aliphatic carbocycles. The standard InChI is InChI=1S/C15H28N4O3/c1-10(11(2)21-7)16-8-12-9-17-19(6)13(12)18-14(20)22-15(3,4)5/h9-11,16H,8H2,1-7H3,(H,18,20). The molecule has 0 radical (unpaired) electrons. The lowest BCUT2D eigenvalue weighted by molar-refractivity contribution is 0.0634. The molecule has 0 spiro atoms. The second kappa shape index (κ2) is 7.60. The summed E-state index contributed by atoms with van der Waals surface area (Å²) in [5.74, 6) is 0.624. The number of aryl methyl sites for hydroxylation is 1.